The van der Waals surface area contributed by atoms with Crippen molar-refractivity contribution in [3.05, 3.63) is 22.8 Å². The highest BCUT2D eigenvalue weighted by Gasteiger charge is 2.15. The monoisotopic (exact) mass is 312 g/mol. The molecule has 0 aliphatic carbocycles. The molecule has 0 aliphatic rings. The van der Waals surface area contributed by atoms with E-state index in [9.17, 15) is 4.79 Å². The predicted octanol–water partition coefficient (Wildman–Crippen LogP) is 1.64. The maximum absolute atomic E-state index is 11.5. The summed E-state index contributed by atoms with van der Waals surface area (Å²) in [5, 5.41) is 2.98. The molecule has 0 radical (unpaired) electrons. The second kappa shape index (κ2) is 5.34. The van der Waals surface area contributed by atoms with Gasteiger partial charge in [-0.3, -0.25) is 9.20 Å². The highest BCUT2D eigenvalue weighted by atomic mass is 79.9. The lowest BCUT2D eigenvalue weighted by Crippen LogP contribution is -2.10. The molecule has 0 spiro atoms. The molecule has 0 atom stereocenters. The van der Waals surface area contributed by atoms with E-state index in [1.54, 1.807) is 26.4 Å². The van der Waals surface area contributed by atoms with Crippen LogP contribution in [0.25, 0.3) is 5.52 Å². The molecule has 0 amide bonds. The van der Waals surface area contributed by atoms with Gasteiger partial charge in [0.2, 0.25) is 0 Å². The zero-order valence-corrected chi connectivity index (χ0v) is 11.7. The number of hydrogen-bond acceptors (Lipinski definition) is 5. The van der Waals surface area contributed by atoms with Gasteiger partial charge in [0.05, 0.1) is 6.61 Å². The van der Waals surface area contributed by atoms with Crippen LogP contribution in [-0.2, 0) is 16.0 Å². The lowest BCUT2D eigenvalue weighted by Gasteiger charge is -2.04. The summed E-state index contributed by atoms with van der Waals surface area (Å²) in [7, 11) is 1.78. The number of hydrogen-bond donors (Lipinski definition) is 1. The van der Waals surface area contributed by atoms with Crippen molar-refractivity contribution in [2.24, 2.45) is 0 Å². The maximum atomic E-state index is 11.5. The highest BCUT2D eigenvalue weighted by molar-refractivity contribution is 9.10. The first-order valence-electron chi connectivity index (χ1n) is 5.52. The van der Waals surface area contributed by atoms with E-state index in [1.807, 2.05) is 4.40 Å². The van der Waals surface area contributed by atoms with Gasteiger partial charge in [-0.1, -0.05) is 0 Å². The molecule has 0 aromatic carbocycles. The van der Waals surface area contributed by atoms with E-state index in [2.05, 4.69) is 31.2 Å². The van der Waals surface area contributed by atoms with E-state index in [0.29, 0.717) is 22.9 Å². The molecule has 0 saturated carbocycles. The van der Waals surface area contributed by atoms with Crippen LogP contribution in [0.5, 0.6) is 0 Å². The topological polar surface area (TPSA) is 68.5 Å². The molecule has 0 bridgehead atoms. The van der Waals surface area contributed by atoms with E-state index >= 15 is 0 Å². The van der Waals surface area contributed by atoms with Crippen molar-refractivity contribution in [2.45, 2.75) is 13.3 Å². The van der Waals surface area contributed by atoms with Crippen LogP contribution >= 0.6 is 15.9 Å². The fourth-order valence-corrected chi connectivity index (χ4v) is 2.29. The number of nitrogens with one attached hydrogen (secondary N) is 1. The number of nitrogens with zero attached hydrogens (tertiary/aromatic N) is 3. The van der Waals surface area contributed by atoms with Gasteiger partial charge in [0, 0.05) is 19.4 Å². The summed E-state index contributed by atoms with van der Waals surface area (Å²) >= 11 is 3.37. The quantitative estimate of drug-likeness (QED) is 0.869. The average Bonchev–Trinajstić information content (AvgIpc) is 2.67. The molecule has 0 unspecified atom stereocenters. The Morgan fingerprint density at radius 2 is 2.39 bits per heavy atom. The number of ether oxygens (including phenoxy) is 1. The van der Waals surface area contributed by atoms with Crippen molar-refractivity contribution < 1.29 is 9.53 Å². The van der Waals surface area contributed by atoms with Crippen molar-refractivity contribution in [1.29, 1.82) is 0 Å². The Labute approximate surface area is 113 Å². The molecule has 0 saturated heterocycles. The third-order valence-electron chi connectivity index (χ3n) is 2.43. The van der Waals surface area contributed by atoms with Gasteiger partial charge in [0.25, 0.3) is 0 Å². The number of carbonyl (C=O) groups excluding carboxylic acids is 1. The smallest absolute Gasteiger partial charge is 0.313 e. The molecule has 0 fully saturated rings. The summed E-state index contributed by atoms with van der Waals surface area (Å²) in [6.45, 7) is 2.15. The molecule has 2 rings (SSSR count). The van der Waals surface area contributed by atoms with Gasteiger partial charge in [0.1, 0.15) is 22.4 Å². The summed E-state index contributed by atoms with van der Waals surface area (Å²) in [6, 6.07) is 0. The number of carbonyl (C=O) groups is 1. The maximum Gasteiger partial charge on any atom is 0.313 e. The van der Waals surface area contributed by atoms with Crippen LogP contribution in [0.1, 0.15) is 12.7 Å². The molecule has 7 heteroatoms. The average molecular weight is 313 g/mol. The van der Waals surface area contributed by atoms with Crippen LogP contribution in [0.2, 0.25) is 0 Å². The fraction of sp³-hybridized carbons (Fsp3) is 0.364. The summed E-state index contributed by atoms with van der Waals surface area (Å²) in [4.78, 5) is 20.0. The largest absolute Gasteiger partial charge is 0.466 e. The standard InChI is InChI=1S/C11H13BrN4O2/c1-3-18-8(17)6-7-15-10(12)9-11(13-2)14-4-5-16(7)9/h4-5H,3,6H2,1-2H3,(H,13,14). The summed E-state index contributed by atoms with van der Waals surface area (Å²) < 4.78 is 7.39. The van der Waals surface area contributed by atoms with Crippen molar-refractivity contribution in [1.82, 2.24) is 14.4 Å². The lowest BCUT2D eigenvalue weighted by molar-refractivity contribution is -0.142. The molecular formula is C11H13BrN4O2. The molecule has 6 nitrogen and oxygen atoms in total. The van der Waals surface area contributed by atoms with Gasteiger partial charge < -0.3 is 10.1 Å². The Morgan fingerprint density at radius 1 is 1.61 bits per heavy atom. The number of rotatable bonds is 4. The summed E-state index contributed by atoms with van der Waals surface area (Å²) in [5.74, 6) is 1.03. The summed E-state index contributed by atoms with van der Waals surface area (Å²) in [5.41, 5.74) is 0.805. The first kappa shape index (κ1) is 12.8. The highest BCUT2D eigenvalue weighted by Crippen LogP contribution is 2.24. The number of imidazole rings is 1. The SMILES string of the molecule is CCOC(=O)Cc1nc(Br)c2c(NC)nccn12. The number of aromatic nitrogens is 3. The number of esters is 1. The second-order valence-corrected chi connectivity index (χ2v) is 4.30. The molecule has 2 aromatic rings. The second-order valence-electron chi connectivity index (χ2n) is 3.55. The third-order valence-corrected chi connectivity index (χ3v) is 2.98. The van der Waals surface area contributed by atoms with Crippen molar-refractivity contribution in [2.75, 3.05) is 19.0 Å². The van der Waals surface area contributed by atoms with Gasteiger partial charge in [-0.2, -0.15) is 0 Å². The van der Waals surface area contributed by atoms with Gasteiger partial charge in [0.15, 0.2) is 5.82 Å². The van der Waals surface area contributed by atoms with Crippen LogP contribution in [-0.4, -0.2) is 34.0 Å². The van der Waals surface area contributed by atoms with E-state index in [-0.39, 0.29) is 12.4 Å². The molecular weight excluding hydrogens is 300 g/mol. The van der Waals surface area contributed by atoms with Gasteiger partial charge in [-0.05, 0) is 22.9 Å². The number of halogens is 1. The van der Waals surface area contributed by atoms with E-state index in [0.717, 1.165) is 5.52 Å². The van der Waals surface area contributed by atoms with Crippen molar-refractivity contribution in [3.63, 3.8) is 0 Å². The molecule has 2 heterocycles. The minimum absolute atomic E-state index is 0.133. The number of anilines is 1. The molecule has 0 aliphatic heterocycles. The Kier molecular flexibility index (Phi) is 3.81. The third kappa shape index (κ3) is 2.31. The van der Waals surface area contributed by atoms with Crippen LogP contribution in [0, 0.1) is 0 Å². The molecule has 96 valence electrons. The normalized spacial score (nSPS) is 10.6. The number of fused-ring (bicyclic) bond motifs is 1. The van der Waals surface area contributed by atoms with Crippen LogP contribution in [0.3, 0.4) is 0 Å². The van der Waals surface area contributed by atoms with Crippen LogP contribution in [0.4, 0.5) is 5.82 Å². The van der Waals surface area contributed by atoms with Gasteiger partial charge in [-0.25, -0.2) is 9.97 Å². The minimum Gasteiger partial charge on any atom is -0.466 e. The fourth-order valence-electron chi connectivity index (χ4n) is 1.71. The van der Waals surface area contributed by atoms with Crippen LogP contribution < -0.4 is 5.32 Å². The summed E-state index contributed by atoms with van der Waals surface area (Å²) in [6.07, 6.45) is 3.55. The van der Waals surface area contributed by atoms with Crippen LogP contribution in [0.15, 0.2) is 17.0 Å². The molecule has 2 aromatic heterocycles. The molecule has 18 heavy (non-hydrogen) atoms. The van der Waals surface area contributed by atoms with E-state index in [1.165, 1.54) is 0 Å². The molecule has 1 N–H and O–H groups in total. The Bertz CT molecular complexity index is 582. The van der Waals surface area contributed by atoms with Gasteiger partial charge >= 0.3 is 5.97 Å². The Balaban J connectivity index is 2.44. The predicted molar refractivity (Wildman–Crippen MR) is 70.6 cm³/mol. The Morgan fingerprint density at radius 3 is 3.06 bits per heavy atom. The van der Waals surface area contributed by atoms with Crippen molar-refractivity contribution >= 4 is 33.2 Å². The first-order valence-corrected chi connectivity index (χ1v) is 6.31. The van der Waals surface area contributed by atoms with Gasteiger partial charge in [-0.15, -0.1) is 0 Å². The minimum atomic E-state index is -0.292. The van der Waals surface area contributed by atoms with E-state index in [4.69, 9.17) is 4.74 Å². The first-order chi connectivity index (χ1) is 8.67. The Hall–Kier alpha value is -1.63. The van der Waals surface area contributed by atoms with E-state index < -0.39 is 0 Å². The zero-order valence-electron chi connectivity index (χ0n) is 10.1. The lowest BCUT2D eigenvalue weighted by atomic mass is 10.4. The zero-order chi connectivity index (χ0) is 13.1. The van der Waals surface area contributed by atoms with Crippen molar-refractivity contribution in [3.8, 4) is 0 Å².